The molecule has 0 bridgehead atoms. The van der Waals surface area contributed by atoms with Gasteiger partial charge in [-0.1, -0.05) is 36.4 Å². The third kappa shape index (κ3) is 4.89. The molecule has 0 saturated heterocycles. The van der Waals surface area contributed by atoms with E-state index in [4.69, 9.17) is 4.98 Å². The Morgan fingerprint density at radius 2 is 1.71 bits per heavy atom. The molecule has 35 heavy (non-hydrogen) atoms. The molecule has 1 atom stereocenters. The van der Waals surface area contributed by atoms with Gasteiger partial charge in [0.2, 0.25) is 0 Å². The first-order chi connectivity index (χ1) is 16.7. The van der Waals surface area contributed by atoms with Crippen molar-refractivity contribution in [1.82, 2.24) is 14.5 Å². The molecule has 0 saturated carbocycles. The molecule has 1 N–H and O–H groups in total. The summed E-state index contributed by atoms with van der Waals surface area (Å²) in [6, 6.07) is 19.1. The van der Waals surface area contributed by atoms with E-state index in [0.717, 1.165) is 12.1 Å². The minimum atomic E-state index is -4.53. The fourth-order valence-corrected chi connectivity index (χ4v) is 3.96. The fraction of sp³-hybridized carbons (Fsp3) is 0.192. The standard InChI is InChI=1S/C26H23F3N4O2/c1-3-32(25(35)30-19-11-9-10-18(16-19)26(27,28)29)17(2)23-31-22-15-8-7-14-21(22)24(34)33(23)20-12-5-4-6-13-20/h4-17H,3H2,1-2H3,(H,30,35). The smallest absolute Gasteiger partial charge is 0.315 e. The van der Waals surface area contributed by atoms with Gasteiger partial charge in [-0.05, 0) is 56.3 Å². The Labute approximate surface area is 199 Å². The highest BCUT2D eigenvalue weighted by Crippen LogP contribution is 2.31. The molecular formula is C26H23F3N4O2. The SMILES string of the molecule is CCN(C(=O)Nc1cccc(C(F)(F)F)c1)C(C)c1nc2ccccc2c(=O)n1-c1ccccc1. The fourth-order valence-electron chi connectivity index (χ4n) is 3.96. The number of alkyl halides is 3. The van der Waals surface area contributed by atoms with Crippen LogP contribution in [0.5, 0.6) is 0 Å². The van der Waals surface area contributed by atoms with Crippen LogP contribution in [0, 0.1) is 0 Å². The molecule has 0 spiro atoms. The molecule has 1 unspecified atom stereocenters. The average molecular weight is 480 g/mol. The largest absolute Gasteiger partial charge is 0.416 e. The van der Waals surface area contributed by atoms with Crippen LogP contribution in [-0.4, -0.2) is 27.0 Å². The lowest BCUT2D eigenvalue weighted by molar-refractivity contribution is -0.137. The molecule has 180 valence electrons. The molecule has 1 aromatic heterocycles. The number of para-hydroxylation sites is 2. The van der Waals surface area contributed by atoms with Crippen LogP contribution in [0.25, 0.3) is 16.6 Å². The van der Waals surface area contributed by atoms with E-state index in [1.165, 1.54) is 21.6 Å². The normalized spacial score (nSPS) is 12.4. The molecule has 0 aliphatic heterocycles. The van der Waals surface area contributed by atoms with Crippen molar-refractivity contribution in [2.45, 2.75) is 26.1 Å². The first-order valence-electron chi connectivity index (χ1n) is 11.0. The number of anilines is 1. The summed E-state index contributed by atoms with van der Waals surface area (Å²) < 4.78 is 40.7. The number of hydrogen-bond acceptors (Lipinski definition) is 3. The molecule has 0 fully saturated rings. The highest BCUT2D eigenvalue weighted by atomic mass is 19.4. The summed E-state index contributed by atoms with van der Waals surface area (Å²) >= 11 is 0. The van der Waals surface area contributed by atoms with Crippen molar-refractivity contribution in [1.29, 1.82) is 0 Å². The van der Waals surface area contributed by atoms with Crippen LogP contribution in [0.3, 0.4) is 0 Å². The van der Waals surface area contributed by atoms with Gasteiger partial charge in [-0.25, -0.2) is 9.78 Å². The maximum absolute atomic E-state index is 13.5. The molecule has 4 aromatic rings. The number of fused-ring (bicyclic) bond motifs is 1. The second-order valence-electron chi connectivity index (χ2n) is 7.93. The van der Waals surface area contributed by atoms with Crippen molar-refractivity contribution in [3.63, 3.8) is 0 Å². The highest BCUT2D eigenvalue weighted by Gasteiger charge is 2.31. The van der Waals surface area contributed by atoms with Gasteiger partial charge in [-0.3, -0.25) is 9.36 Å². The van der Waals surface area contributed by atoms with Crippen molar-refractivity contribution in [2.75, 3.05) is 11.9 Å². The van der Waals surface area contributed by atoms with Gasteiger partial charge < -0.3 is 10.2 Å². The van der Waals surface area contributed by atoms with Crippen molar-refractivity contribution in [2.24, 2.45) is 0 Å². The van der Waals surface area contributed by atoms with E-state index in [1.54, 1.807) is 62.4 Å². The maximum atomic E-state index is 13.5. The van der Waals surface area contributed by atoms with E-state index in [1.807, 2.05) is 6.07 Å². The molecular weight excluding hydrogens is 457 g/mol. The number of halogens is 3. The molecule has 0 aliphatic rings. The zero-order chi connectivity index (χ0) is 25.2. The molecule has 0 radical (unpaired) electrons. The number of nitrogens with one attached hydrogen (secondary N) is 1. The molecule has 3 aromatic carbocycles. The number of carbonyl (C=O) groups excluding carboxylic acids is 1. The number of benzene rings is 3. The zero-order valence-electron chi connectivity index (χ0n) is 19.1. The Kier molecular flexibility index (Phi) is 6.59. The van der Waals surface area contributed by atoms with Crippen LogP contribution in [-0.2, 0) is 6.18 Å². The lowest BCUT2D eigenvalue weighted by atomic mass is 10.2. The third-order valence-corrected chi connectivity index (χ3v) is 5.70. The van der Waals surface area contributed by atoms with Crippen LogP contribution in [0.4, 0.5) is 23.7 Å². The Morgan fingerprint density at radius 3 is 2.40 bits per heavy atom. The van der Waals surface area contributed by atoms with Crippen molar-refractivity contribution < 1.29 is 18.0 Å². The topological polar surface area (TPSA) is 67.2 Å². The van der Waals surface area contributed by atoms with Gasteiger partial charge in [-0.2, -0.15) is 13.2 Å². The summed E-state index contributed by atoms with van der Waals surface area (Å²) in [6.07, 6.45) is -4.53. The number of aromatic nitrogens is 2. The Morgan fingerprint density at radius 1 is 1.03 bits per heavy atom. The summed E-state index contributed by atoms with van der Waals surface area (Å²) in [4.78, 5) is 32.7. The lowest BCUT2D eigenvalue weighted by Crippen LogP contribution is -2.39. The van der Waals surface area contributed by atoms with Gasteiger partial charge in [0.05, 0.1) is 28.2 Å². The van der Waals surface area contributed by atoms with Crippen LogP contribution in [0.1, 0.15) is 31.3 Å². The minimum absolute atomic E-state index is 0.0161. The third-order valence-electron chi connectivity index (χ3n) is 5.70. The molecule has 2 amide bonds. The Hall–Kier alpha value is -4.14. The molecule has 1 heterocycles. The van der Waals surface area contributed by atoms with Crippen molar-refractivity contribution >= 4 is 22.6 Å². The lowest BCUT2D eigenvalue weighted by Gasteiger charge is -2.29. The minimum Gasteiger partial charge on any atom is -0.315 e. The van der Waals surface area contributed by atoms with Gasteiger partial charge in [0.1, 0.15) is 5.82 Å². The van der Waals surface area contributed by atoms with Crippen molar-refractivity contribution in [3.8, 4) is 5.69 Å². The van der Waals surface area contributed by atoms with E-state index in [0.29, 0.717) is 22.4 Å². The summed E-state index contributed by atoms with van der Waals surface area (Å²) in [5.41, 5.74) is -0.0475. The quantitative estimate of drug-likeness (QED) is 0.380. The predicted octanol–water partition coefficient (Wildman–Crippen LogP) is 6.02. The zero-order valence-corrected chi connectivity index (χ0v) is 19.1. The number of nitrogens with zero attached hydrogens (tertiary/aromatic N) is 3. The van der Waals surface area contributed by atoms with Gasteiger partial charge in [0.15, 0.2) is 0 Å². The maximum Gasteiger partial charge on any atom is 0.416 e. The second kappa shape index (κ2) is 9.61. The second-order valence-corrected chi connectivity index (χ2v) is 7.93. The van der Waals surface area contributed by atoms with Gasteiger partial charge in [-0.15, -0.1) is 0 Å². The molecule has 9 heteroatoms. The van der Waals surface area contributed by atoms with E-state index in [2.05, 4.69) is 5.32 Å². The van der Waals surface area contributed by atoms with Crippen LogP contribution in [0.15, 0.2) is 83.7 Å². The van der Waals surface area contributed by atoms with E-state index in [-0.39, 0.29) is 17.8 Å². The Balaban J connectivity index is 1.75. The number of hydrogen-bond donors (Lipinski definition) is 1. The number of amides is 2. The monoisotopic (exact) mass is 480 g/mol. The first kappa shape index (κ1) is 24.0. The highest BCUT2D eigenvalue weighted by molar-refractivity contribution is 5.89. The summed E-state index contributed by atoms with van der Waals surface area (Å²) in [5, 5.41) is 2.97. The summed E-state index contributed by atoms with van der Waals surface area (Å²) in [6.45, 7) is 3.70. The molecule has 4 rings (SSSR count). The van der Waals surface area contributed by atoms with Crippen LogP contribution in [0.2, 0.25) is 0 Å². The average Bonchev–Trinajstić information content (AvgIpc) is 2.84. The summed E-state index contributed by atoms with van der Waals surface area (Å²) in [5.74, 6) is 0.334. The molecule has 0 aliphatic carbocycles. The number of carbonyl (C=O) groups is 1. The number of urea groups is 1. The van der Waals surface area contributed by atoms with Gasteiger partial charge in [0, 0.05) is 12.2 Å². The summed E-state index contributed by atoms with van der Waals surface area (Å²) in [7, 11) is 0. The molecule has 6 nitrogen and oxygen atoms in total. The van der Waals surface area contributed by atoms with Gasteiger partial charge >= 0.3 is 12.2 Å². The van der Waals surface area contributed by atoms with E-state index in [9.17, 15) is 22.8 Å². The first-order valence-corrected chi connectivity index (χ1v) is 11.0. The van der Waals surface area contributed by atoms with E-state index >= 15 is 0 Å². The van der Waals surface area contributed by atoms with Crippen LogP contribution >= 0.6 is 0 Å². The number of rotatable bonds is 5. The van der Waals surface area contributed by atoms with Gasteiger partial charge in [0.25, 0.3) is 5.56 Å². The van der Waals surface area contributed by atoms with E-state index < -0.39 is 23.8 Å². The van der Waals surface area contributed by atoms with Crippen LogP contribution < -0.4 is 10.9 Å². The predicted molar refractivity (Wildman–Crippen MR) is 129 cm³/mol. The van der Waals surface area contributed by atoms with Crippen molar-refractivity contribution in [3.05, 3.63) is 101 Å². The Bertz CT molecular complexity index is 1420.